The van der Waals surface area contributed by atoms with Crippen molar-refractivity contribution in [2.45, 2.75) is 51.3 Å². The van der Waals surface area contributed by atoms with Crippen molar-refractivity contribution in [1.82, 2.24) is 19.7 Å². The van der Waals surface area contributed by atoms with Gasteiger partial charge in [0.15, 0.2) is 0 Å². The highest BCUT2D eigenvalue weighted by molar-refractivity contribution is 8.00. The van der Waals surface area contributed by atoms with Crippen LogP contribution in [-0.2, 0) is 22.6 Å². The molecule has 182 valence electrons. The summed E-state index contributed by atoms with van der Waals surface area (Å²) in [6, 6.07) is 9.28. The van der Waals surface area contributed by atoms with E-state index in [1.807, 2.05) is 44.2 Å². The minimum Gasteiger partial charge on any atom is -0.497 e. The number of thioether (sulfide) groups is 1. The first-order valence-corrected chi connectivity index (χ1v) is 13.1. The van der Waals surface area contributed by atoms with Crippen LogP contribution in [0.25, 0.3) is 16.2 Å². The maximum absolute atomic E-state index is 12.8. The SMILES string of the molecule is COc1ccc(NC(=O)CSc2nc(-n3nc(C)cc3C)nc3sc4c(c23)CC(C)(C)OC4)cc1. The van der Waals surface area contributed by atoms with Crippen LogP contribution < -0.4 is 10.1 Å². The minimum absolute atomic E-state index is 0.104. The molecular formula is C25H27N5O3S2. The number of nitrogens with zero attached hydrogens (tertiary/aromatic N) is 4. The number of carbonyl (C=O) groups is 1. The molecule has 1 N–H and O–H groups in total. The van der Waals surface area contributed by atoms with E-state index < -0.39 is 0 Å². The van der Waals surface area contributed by atoms with Crippen LogP contribution in [-0.4, -0.2) is 44.1 Å². The Hall–Kier alpha value is -2.95. The molecule has 0 saturated heterocycles. The summed E-state index contributed by atoms with van der Waals surface area (Å²) in [5.74, 6) is 1.37. The zero-order chi connectivity index (χ0) is 24.7. The van der Waals surface area contributed by atoms with Gasteiger partial charge in [-0.1, -0.05) is 11.8 Å². The third-order valence-corrected chi connectivity index (χ3v) is 7.87. The van der Waals surface area contributed by atoms with E-state index in [-0.39, 0.29) is 17.3 Å². The van der Waals surface area contributed by atoms with Crippen LogP contribution in [0.4, 0.5) is 5.69 Å². The molecule has 1 amide bonds. The average molecular weight is 510 g/mol. The molecule has 3 aromatic heterocycles. The molecule has 0 unspecified atom stereocenters. The van der Waals surface area contributed by atoms with Crippen molar-refractivity contribution in [1.29, 1.82) is 0 Å². The fourth-order valence-electron chi connectivity index (χ4n) is 4.14. The third kappa shape index (κ3) is 4.91. The van der Waals surface area contributed by atoms with Crippen molar-refractivity contribution >= 4 is 44.9 Å². The molecule has 1 aromatic carbocycles. The van der Waals surface area contributed by atoms with Gasteiger partial charge in [0, 0.05) is 28.1 Å². The number of hydrogen-bond donors (Lipinski definition) is 1. The second-order valence-electron chi connectivity index (χ2n) is 9.14. The number of anilines is 1. The Bertz CT molecular complexity index is 1410. The van der Waals surface area contributed by atoms with Gasteiger partial charge < -0.3 is 14.8 Å². The number of methoxy groups -OCH3 is 1. The Morgan fingerprint density at radius 3 is 2.71 bits per heavy atom. The van der Waals surface area contributed by atoms with Gasteiger partial charge in [0.25, 0.3) is 5.95 Å². The number of hydrogen-bond acceptors (Lipinski definition) is 8. The van der Waals surface area contributed by atoms with Crippen LogP contribution in [0.2, 0.25) is 0 Å². The molecule has 1 aliphatic rings. The zero-order valence-corrected chi connectivity index (χ0v) is 22.0. The number of benzene rings is 1. The molecule has 0 aliphatic carbocycles. The Labute approximate surface area is 212 Å². The van der Waals surface area contributed by atoms with E-state index in [1.165, 1.54) is 22.2 Å². The van der Waals surface area contributed by atoms with E-state index in [0.717, 1.165) is 44.5 Å². The number of aryl methyl sites for hydroxylation is 2. The summed E-state index contributed by atoms with van der Waals surface area (Å²) in [4.78, 5) is 24.6. The number of amides is 1. The molecule has 5 rings (SSSR count). The van der Waals surface area contributed by atoms with Crippen molar-refractivity contribution < 1.29 is 14.3 Å². The monoisotopic (exact) mass is 509 g/mol. The maximum Gasteiger partial charge on any atom is 0.253 e. The highest BCUT2D eigenvalue weighted by atomic mass is 32.2. The molecular weight excluding hydrogens is 482 g/mol. The van der Waals surface area contributed by atoms with Gasteiger partial charge >= 0.3 is 0 Å². The highest BCUT2D eigenvalue weighted by Crippen LogP contribution is 2.42. The van der Waals surface area contributed by atoms with Gasteiger partial charge in [-0.2, -0.15) is 10.1 Å². The molecule has 4 aromatic rings. The average Bonchev–Trinajstić information content (AvgIpc) is 3.35. The van der Waals surface area contributed by atoms with Crippen LogP contribution in [0.15, 0.2) is 35.4 Å². The summed E-state index contributed by atoms with van der Waals surface area (Å²) in [7, 11) is 1.61. The quantitative estimate of drug-likeness (QED) is 0.286. The summed E-state index contributed by atoms with van der Waals surface area (Å²) in [5.41, 5.74) is 3.54. The van der Waals surface area contributed by atoms with Crippen LogP contribution in [0, 0.1) is 13.8 Å². The largest absolute Gasteiger partial charge is 0.497 e. The van der Waals surface area contributed by atoms with E-state index in [9.17, 15) is 4.79 Å². The van der Waals surface area contributed by atoms with E-state index in [4.69, 9.17) is 19.4 Å². The minimum atomic E-state index is -0.261. The predicted molar refractivity (Wildman–Crippen MR) is 139 cm³/mol. The summed E-state index contributed by atoms with van der Waals surface area (Å²) in [6.07, 6.45) is 0.774. The molecule has 10 heteroatoms. The Morgan fingerprint density at radius 2 is 2.03 bits per heavy atom. The van der Waals surface area contributed by atoms with Gasteiger partial charge in [0.2, 0.25) is 5.91 Å². The van der Waals surface area contributed by atoms with Crippen LogP contribution in [0.5, 0.6) is 5.75 Å². The van der Waals surface area contributed by atoms with E-state index in [1.54, 1.807) is 23.1 Å². The highest BCUT2D eigenvalue weighted by Gasteiger charge is 2.31. The molecule has 0 fully saturated rings. The number of ether oxygens (including phenoxy) is 2. The van der Waals surface area contributed by atoms with Gasteiger partial charge in [-0.15, -0.1) is 11.3 Å². The molecule has 4 heterocycles. The van der Waals surface area contributed by atoms with E-state index in [2.05, 4.69) is 24.3 Å². The van der Waals surface area contributed by atoms with Crippen molar-refractivity contribution in [3.8, 4) is 11.7 Å². The molecule has 0 spiro atoms. The van der Waals surface area contributed by atoms with Crippen molar-refractivity contribution in [2.75, 3.05) is 18.2 Å². The zero-order valence-electron chi connectivity index (χ0n) is 20.3. The lowest BCUT2D eigenvalue weighted by atomic mass is 9.95. The van der Waals surface area contributed by atoms with Crippen LogP contribution >= 0.6 is 23.1 Å². The lowest BCUT2D eigenvalue weighted by Gasteiger charge is -2.30. The van der Waals surface area contributed by atoms with E-state index >= 15 is 0 Å². The molecule has 8 nitrogen and oxygen atoms in total. The van der Waals surface area contributed by atoms with Crippen LogP contribution in [0.3, 0.4) is 0 Å². The Balaban J connectivity index is 1.48. The van der Waals surface area contributed by atoms with Gasteiger partial charge in [0.1, 0.15) is 15.6 Å². The first kappa shape index (κ1) is 23.8. The lowest BCUT2D eigenvalue weighted by Crippen LogP contribution is -2.31. The van der Waals surface area contributed by atoms with Crippen molar-refractivity contribution in [2.24, 2.45) is 0 Å². The van der Waals surface area contributed by atoms with Gasteiger partial charge in [-0.25, -0.2) is 9.67 Å². The predicted octanol–water partition coefficient (Wildman–Crippen LogP) is 5.08. The smallest absolute Gasteiger partial charge is 0.253 e. The summed E-state index contributed by atoms with van der Waals surface area (Å²) in [6.45, 7) is 8.68. The van der Waals surface area contributed by atoms with Gasteiger partial charge in [-0.3, -0.25) is 4.79 Å². The Kier molecular flexibility index (Phi) is 6.29. The summed E-state index contributed by atoms with van der Waals surface area (Å²) in [5, 5.41) is 9.33. The van der Waals surface area contributed by atoms with Crippen molar-refractivity contribution in [3.05, 3.63) is 52.2 Å². The van der Waals surface area contributed by atoms with E-state index in [0.29, 0.717) is 12.6 Å². The first-order valence-electron chi connectivity index (χ1n) is 11.3. The molecule has 1 aliphatic heterocycles. The maximum atomic E-state index is 12.8. The molecule has 0 atom stereocenters. The number of rotatable bonds is 6. The number of fused-ring (bicyclic) bond motifs is 3. The second kappa shape index (κ2) is 9.25. The number of thiophene rings is 1. The number of carbonyl (C=O) groups excluding carboxylic acids is 1. The second-order valence-corrected chi connectivity index (χ2v) is 11.2. The van der Waals surface area contributed by atoms with Gasteiger partial charge in [-0.05, 0) is 63.6 Å². The lowest BCUT2D eigenvalue weighted by molar-refractivity contribution is -0.113. The van der Waals surface area contributed by atoms with Crippen molar-refractivity contribution in [3.63, 3.8) is 0 Å². The Morgan fingerprint density at radius 1 is 1.26 bits per heavy atom. The number of nitrogens with one attached hydrogen (secondary N) is 1. The molecule has 0 radical (unpaired) electrons. The summed E-state index contributed by atoms with van der Waals surface area (Å²) < 4.78 is 13.0. The molecule has 0 saturated carbocycles. The fraction of sp³-hybridized carbons (Fsp3) is 0.360. The molecule has 0 bridgehead atoms. The summed E-state index contributed by atoms with van der Waals surface area (Å²) >= 11 is 3.05. The normalized spacial score (nSPS) is 14.7. The fourth-order valence-corrected chi connectivity index (χ4v) is 6.15. The van der Waals surface area contributed by atoms with Crippen LogP contribution in [0.1, 0.15) is 35.7 Å². The number of aromatic nitrogens is 4. The topological polar surface area (TPSA) is 91.2 Å². The van der Waals surface area contributed by atoms with Gasteiger partial charge in [0.05, 0.1) is 30.8 Å². The standard InChI is InChI=1S/C25H27N5O3S2/c1-14-10-15(2)30(29-14)24-27-22(34-13-20(31)26-16-6-8-17(32-5)9-7-16)21-18-11-25(3,4)33-12-19(18)35-23(21)28-24/h6-10H,11-13H2,1-5H3,(H,26,31). The first-order chi connectivity index (χ1) is 16.7. The third-order valence-electron chi connectivity index (χ3n) is 5.80. The molecule has 35 heavy (non-hydrogen) atoms.